The van der Waals surface area contributed by atoms with Crippen molar-refractivity contribution in [2.45, 2.75) is 45.3 Å². The molecular weight excluding hydrogens is 238 g/mol. The molecule has 1 aromatic carbocycles. The van der Waals surface area contributed by atoms with E-state index < -0.39 is 0 Å². The van der Waals surface area contributed by atoms with E-state index in [9.17, 15) is 0 Å². The lowest BCUT2D eigenvalue weighted by molar-refractivity contribution is 0.110. The van der Waals surface area contributed by atoms with E-state index in [-0.39, 0.29) is 0 Å². The average Bonchev–Trinajstić information content (AvgIpc) is 2.93. The maximum absolute atomic E-state index is 5.71. The molecule has 0 bridgehead atoms. The van der Waals surface area contributed by atoms with Crippen LogP contribution >= 0.6 is 0 Å². The second-order valence-electron chi connectivity index (χ2n) is 5.12. The van der Waals surface area contributed by atoms with Crippen molar-refractivity contribution >= 4 is 0 Å². The summed E-state index contributed by atoms with van der Waals surface area (Å²) in [6.07, 6.45) is 5.08. The summed E-state index contributed by atoms with van der Waals surface area (Å²) in [6, 6.07) is 8.34. The molecule has 1 heterocycles. The maximum atomic E-state index is 5.71. The van der Waals surface area contributed by atoms with E-state index in [1.165, 1.54) is 24.8 Å². The van der Waals surface area contributed by atoms with E-state index in [1.54, 1.807) is 0 Å². The van der Waals surface area contributed by atoms with Gasteiger partial charge in [-0.05, 0) is 37.0 Å². The van der Waals surface area contributed by atoms with Gasteiger partial charge in [0.1, 0.15) is 5.75 Å². The van der Waals surface area contributed by atoms with Gasteiger partial charge in [-0.3, -0.25) is 0 Å². The number of benzene rings is 1. The molecule has 106 valence electrons. The van der Waals surface area contributed by atoms with Crippen LogP contribution in [0.2, 0.25) is 0 Å². The average molecular weight is 263 g/mol. The van der Waals surface area contributed by atoms with Gasteiger partial charge in [0.15, 0.2) is 0 Å². The predicted octanol–water partition coefficient (Wildman–Crippen LogP) is 3.13. The number of rotatable bonds is 8. The number of unbranched alkanes of at least 4 members (excludes halogenated alkanes) is 1. The van der Waals surface area contributed by atoms with Gasteiger partial charge in [-0.25, -0.2) is 0 Å². The van der Waals surface area contributed by atoms with Crippen molar-refractivity contribution in [3.63, 3.8) is 0 Å². The zero-order valence-corrected chi connectivity index (χ0v) is 11.9. The van der Waals surface area contributed by atoms with E-state index in [0.717, 1.165) is 38.5 Å². The summed E-state index contributed by atoms with van der Waals surface area (Å²) < 4.78 is 11.3. The van der Waals surface area contributed by atoms with Crippen molar-refractivity contribution in [2.75, 3.05) is 19.8 Å². The molecule has 1 atom stereocenters. The van der Waals surface area contributed by atoms with Crippen molar-refractivity contribution in [3.05, 3.63) is 29.8 Å². The molecule has 3 heteroatoms. The molecule has 0 radical (unpaired) electrons. The smallest absolute Gasteiger partial charge is 0.119 e. The maximum Gasteiger partial charge on any atom is 0.119 e. The van der Waals surface area contributed by atoms with Crippen LogP contribution in [-0.4, -0.2) is 25.9 Å². The van der Waals surface area contributed by atoms with E-state index in [4.69, 9.17) is 9.47 Å². The molecule has 3 nitrogen and oxygen atoms in total. The zero-order chi connectivity index (χ0) is 13.3. The Morgan fingerprint density at radius 1 is 1.42 bits per heavy atom. The lowest BCUT2D eigenvalue weighted by Gasteiger charge is -2.11. The van der Waals surface area contributed by atoms with Gasteiger partial charge in [0.25, 0.3) is 0 Å². The highest BCUT2D eigenvalue weighted by atomic mass is 16.5. The zero-order valence-electron chi connectivity index (χ0n) is 11.9. The Labute approximate surface area is 116 Å². The lowest BCUT2D eigenvalue weighted by atomic mass is 10.2. The van der Waals surface area contributed by atoms with Crippen LogP contribution in [0.25, 0.3) is 0 Å². The second-order valence-corrected chi connectivity index (χ2v) is 5.12. The van der Waals surface area contributed by atoms with Gasteiger partial charge in [-0.1, -0.05) is 25.5 Å². The monoisotopic (exact) mass is 263 g/mol. The predicted molar refractivity (Wildman–Crippen MR) is 77.5 cm³/mol. The molecule has 1 saturated heterocycles. The Morgan fingerprint density at radius 2 is 2.37 bits per heavy atom. The minimum Gasteiger partial charge on any atom is -0.494 e. The fourth-order valence-corrected chi connectivity index (χ4v) is 2.26. The third-order valence-electron chi connectivity index (χ3n) is 3.39. The molecule has 1 unspecified atom stereocenters. The van der Waals surface area contributed by atoms with Crippen LogP contribution < -0.4 is 10.1 Å². The van der Waals surface area contributed by atoms with Gasteiger partial charge >= 0.3 is 0 Å². The van der Waals surface area contributed by atoms with Crippen molar-refractivity contribution in [1.82, 2.24) is 5.32 Å². The molecule has 1 N–H and O–H groups in total. The van der Waals surface area contributed by atoms with E-state index in [2.05, 4.69) is 30.4 Å². The first-order valence-corrected chi connectivity index (χ1v) is 7.42. The molecule has 1 aliphatic rings. The Hall–Kier alpha value is -1.06. The molecule has 1 fully saturated rings. The highest BCUT2D eigenvalue weighted by molar-refractivity contribution is 5.28. The van der Waals surface area contributed by atoms with Crippen LogP contribution in [0.5, 0.6) is 5.75 Å². The van der Waals surface area contributed by atoms with Crippen LogP contribution in [0, 0.1) is 0 Å². The summed E-state index contributed by atoms with van der Waals surface area (Å²) in [5.41, 5.74) is 1.27. The summed E-state index contributed by atoms with van der Waals surface area (Å²) in [5.74, 6) is 0.977. The number of ether oxygens (including phenoxy) is 2. The minimum absolute atomic E-state index is 0.406. The molecular formula is C16H25NO2. The number of nitrogens with one attached hydrogen (secondary N) is 1. The fraction of sp³-hybridized carbons (Fsp3) is 0.625. The number of hydrogen-bond acceptors (Lipinski definition) is 3. The topological polar surface area (TPSA) is 30.5 Å². The third-order valence-corrected chi connectivity index (χ3v) is 3.39. The summed E-state index contributed by atoms with van der Waals surface area (Å²) in [6.45, 7) is 5.73. The molecule has 1 aliphatic heterocycles. The van der Waals surface area contributed by atoms with Gasteiger partial charge in [0.05, 0.1) is 12.7 Å². The van der Waals surface area contributed by atoms with Crippen LogP contribution in [-0.2, 0) is 11.3 Å². The van der Waals surface area contributed by atoms with Crippen LogP contribution in [0.15, 0.2) is 24.3 Å². The van der Waals surface area contributed by atoms with Crippen molar-refractivity contribution in [3.8, 4) is 5.75 Å². The Balaban J connectivity index is 1.71. The van der Waals surface area contributed by atoms with Crippen LogP contribution in [0.1, 0.15) is 38.2 Å². The van der Waals surface area contributed by atoms with Crippen molar-refractivity contribution in [1.29, 1.82) is 0 Å². The Kier molecular flexibility index (Phi) is 6.18. The summed E-state index contributed by atoms with van der Waals surface area (Å²) in [7, 11) is 0. The summed E-state index contributed by atoms with van der Waals surface area (Å²) in [5, 5.41) is 3.46. The summed E-state index contributed by atoms with van der Waals surface area (Å²) in [4.78, 5) is 0. The van der Waals surface area contributed by atoms with Crippen molar-refractivity contribution in [2.24, 2.45) is 0 Å². The summed E-state index contributed by atoms with van der Waals surface area (Å²) >= 11 is 0. The van der Waals surface area contributed by atoms with Gasteiger partial charge < -0.3 is 14.8 Å². The molecule has 1 aromatic rings. The first kappa shape index (κ1) is 14.4. The third kappa shape index (κ3) is 5.21. The minimum atomic E-state index is 0.406. The molecule has 0 saturated carbocycles. The first-order chi connectivity index (χ1) is 9.38. The molecule has 0 aliphatic carbocycles. The first-order valence-electron chi connectivity index (χ1n) is 7.42. The van der Waals surface area contributed by atoms with Gasteiger partial charge in [0, 0.05) is 19.7 Å². The largest absolute Gasteiger partial charge is 0.494 e. The van der Waals surface area contributed by atoms with Gasteiger partial charge in [0.2, 0.25) is 0 Å². The highest BCUT2D eigenvalue weighted by Crippen LogP contribution is 2.14. The quantitative estimate of drug-likeness (QED) is 0.731. The number of hydrogen-bond donors (Lipinski definition) is 1. The molecule has 0 amide bonds. The normalized spacial score (nSPS) is 18.7. The van der Waals surface area contributed by atoms with E-state index in [0.29, 0.717) is 6.10 Å². The second kappa shape index (κ2) is 8.18. The van der Waals surface area contributed by atoms with E-state index >= 15 is 0 Å². The van der Waals surface area contributed by atoms with Crippen LogP contribution in [0.3, 0.4) is 0 Å². The molecule has 0 spiro atoms. The Bertz CT molecular complexity index is 362. The lowest BCUT2D eigenvalue weighted by Crippen LogP contribution is -2.25. The molecule has 0 aromatic heterocycles. The Morgan fingerprint density at radius 3 is 3.16 bits per heavy atom. The van der Waals surface area contributed by atoms with Gasteiger partial charge in [-0.15, -0.1) is 0 Å². The van der Waals surface area contributed by atoms with Gasteiger partial charge in [-0.2, -0.15) is 0 Å². The SMILES string of the molecule is CCCCOc1cccc(CNCC2CCCO2)c1. The fourth-order valence-electron chi connectivity index (χ4n) is 2.26. The van der Waals surface area contributed by atoms with E-state index in [1.807, 2.05) is 6.07 Å². The van der Waals surface area contributed by atoms with Crippen LogP contribution in [0.4, 0.5) is 0 Å². The molecule has 2 rings (SSSR count). The standard InChI is InChI=1S/C16H25NO2/c1-2-3-9-18-15-7-4-6-14(11-15)12-17-13-16-8-5-10-19-16/h4,6-7,11,16-17H,2-3,5,8-10,12-13H2,1H3. The van der Waals surface area contributed by atoms with Crippen molar-refractivity contribution < 1.29 is 9.47 Å². The molecule has 19 heavy (non-hydrogen) atoms. The highest BCUT2D eigenvalue weighted by Gasteiger charge is 2.14.